The number of hydrogen-bond donors (Lipinski definition) is 1. The number of benzene rings is 1. The number of thiophene rings is 1. The topological polar surface area (TPSA) is 32.3 Å². The quantitative estimate of drug-likeness (QED) is 0.919. The molecule has 0 bridgehead atoms. The molecule has 1 amide bonds. The maximum absolute atomic E-state index is 11.9. The van der Waals surface area contributed by atoms with Crippen LogP contribution in [0.3, 0.4) is 0 Å². The van der Waals surface area contributed by atoms with Gasteiger partial charge in [0.2, 0.25) is 5.91 Å². The molecule has 1 N–H and O–H groups in total. The Labute approximate surface area is 136 Å². The van der Waals surface area contributed by atoms with Crippen molar-refractivity contribution in [3.05, 3.63) is 52.2 Å². The third-order valence-corrected chi connectivity index (χ3v) is 5.06. The number of nitrogens with one attached hydrogen (secondary N) is 1. The Balaban J connectivity index is 1.45. The fourth-order valence-electron chi connectivity index (χ4n) is 2.88. The minimum Gasteiger partial charge on any atom is -0.371 e. The molecule has 22 heavy (non-hydrogen) atoms. The highest BCUT2D eigenvalue weighted by Crippen LogP contribution is 2.23. The van der Waals surface area contributed by atoms with E-state index in [-0.39, 0.29) is 5.91 Å². The van der Waals surface area contributed by atoms with E-state index in [1.165, 1.54) is 11.3 Å². The zero-order valence-corrected chi connectivity index (χ0v) is 13.7. The molecule has 1 aliphatic rings. The zero-order chi connectivity index (χ0) is 15.4. The number of aryl methyl sites for hydroxylation is 1. The van der Waals surface area contributed by atoms with Gasteiger partial charge in [0.05, 0.1) is 6.42 Å². The van der Waals surface area contributed by atoms with Crippen molar-refractivity contribution in [2.45, 2.75) is 19.8 Å². The van der Waals surface area contributed by atoms with Crippen LogP contribution in [-0.2, 0) is 11.2 Å². The summed E-state index contributed by atoms with van der Waals surface area (Å²) in [5.41, 5.74) is 2.58. The summed E-state index contributed by atoms with van der Waals surface area (Å²) < 4.78 is 0. The molecule has 2 aromatic rings. The largest absolute Gasteiger partial charge is 0.371 e. The van der Waals surface area contributed by atoms with E-state index in [1.54, 1.807) is 11.3 Å². The summed E-state index contributed by atoms with van der Waals surface area (Å²) in [5.74, 6) is 0.685. The van der Waals surface area contributed by atoms with Crippen LogP contribution < -0.4 is 10.2 Å². The van der Waals surface area contributed by atoms with Crippen LogP contribution >= 0.6 is 11.3 Å². The van der Waals surface area contributed by atoms with Gasteiger partial charge in [0.25, 0.3) is 0 Å². The van der Waals surface area contributed by atoms with Crippen LogP contribution in [0, 0.1) is 12.8 Å². The lowest BCUT2D eigenvalue weighted by Gasteiger charge is -2.19. The molecule has 0 spiro atoms. The molecule has 3 nitrogen and oxygen atoms in total. The minimum atomic E-state index is 0.135. The molecule has 3 rings (SSSR count). The lowest BCUT2D eigenvalue weighted by atomic mass is 10.1. The average molecular weight is 314 g/mol. The molecule has 1 atom stereocenters. The second-order valence-corrected chi connectivity index (χ2v) is 7.03. The molecule has 1 fully saturated rings. The van der Waals surface area contributed by atoms with Gasteiger partial charge in [-0.05, 0) is 42.8 Å². The summed E-state index contributed by atoms with van der Waals surface area (Å²) in [4.78, 5) is 15.5. The van der Waals surface area contributed by atoms with E-state index >= 15 is 0 Å². The molecule has 1 aliphatic heterocycles. The maximum Gasteiger partial charge on any atom is 0.225 e. The van der Waals surface area contributed by atoms with Crippen LogP contribution in [0.25, 0.3) is 0 Å². The molecule has 1 unspecified atom stereocenters. The molecular weight excluding hydrogens is 292 g/mol. The molecule has 0 saturated carbocycles. The fraction of sp³-hybridized carbons (Fsp3) is 0.389. The van der Waals surface area contributed by atoms with Crippen molar-refractivity contribution in [1.29, 1.82) is 0 Å². The third kappa shape index (κ3) is 3.89. The van der Waals surface area contributed by atoms with Gasteiger partial charge < -0.3 is 10.2 Å². The molecule has 0 radical (unpaired) electrons. The Bertz CT molecular complexity index is 607. The van der Waals surface area contributed by atoms with Crippen LogP contribution in [0.1, 0.15) is 16.9 Å². The normalized spacial score (nSPS) is 17.7. The first-order valence-corrected chi connectivity index (χ1v) is 8.69. The van der Waals surface area contributed by atoms with E-state index in [9.17, 15) is 4.79 Å². The van der Waals surface area contributed by atoms with Crippen molar-refractivity contribution in [3.8, 4) is 0 Å². The second-order valence-electron chi connectivity index (χ2n) is 6.00. The molecule has 1 aromatic carbocycles. The Morgan fingerprint density at radius 2 is 2.14 bits per heavy atom. The predicted octanol–water partition coefficient (Wildman–Crippen LogP) is 3.24. The van der Waals surface area contributed by atoms with Gasteiger partial charge in [-0.15, -0.1) is 11.3 Å². The third-order valence-electron chi connectivity index (χ3n) is 4.19. The number of anilines is 1. The van der Waals surface area contributed by atoms with Crippen LogP contribution in [0.15, 0.2) is 41.8 Å². The fourth-order valence-corrected chi connectivity index (χ4v) is 3.58. The maximum atomic E-state index is 11.9. The average Bonchev–Trinajstić information content (AvgIpc) is 3.17. The SMILES string of the molecule is Cc1ccc(N2CCC(CNC(=O)Cc3cccs3)C2)cc1. The summed E-state index contributed by atoms with van der Waals surface area (Å²) in [5, 5.41) is 5.10. The molecule has 116 valence electrons. The summed E-state index contributed by atoms with van der Waals surface area (Å²) in [6.45, 7) is 5.00. The van der Waals surface area contributed by atoms with Crippen molar-refractivity contribution in [1.82, 2.24) is 5.32 Å². The first kappa shape index (κ1) is 15.1. The summed E-state index contributed by atoms with van der Waals surface area (Å²) in [7, 11) is 0. The highest BCUT2D eigenvalue weighted by molar-refractivity contribution is 7.10. The Morgan fingerprint density at radius 3 is 2.86 bits per heavy atom. The van der Waals surface area contributed by atoms with Crippen LogP contribution in [0.2, 0.25) is 0 Å². The highest BCUT2D eigenvalue weighted by Gasteiger charge is 2.23. The van der Waals surface area contributed by atoms with Gasteiger partial charge in [0, 0.05) is 30.2 Å². The van der Waals surface area contributed by atoms with E-state index in [0.29, 0.717) is 12.3 Å². The lowest BCUT2D eigenvalue weighted by molar-refractivity contribution is -0.120. The van der Waals surface area contributed by atoms with Crippen molar-refractivity contribution in [2.24, 2.45) is 5.92 Å². The monoisotopic (exact) mass is 314 g/mol. The van der Waals surface area contributed by atoms with E-state index in [1.807, 2.05) is 17.5 Å². The van der Waals surface area contributed by atoms with Crippen molar-refractivity contribution in [2.75, 3.05) is 24.5 Å². The van der Waals surface area contributed by atoms with Gasteiger partial charge in [-0.25, -0.2) is 0 Å². The van der Waals surface area contributed by atoms with Crippen LogP contribution in [-0.4, -0.2) is 25.5 Å². The Hall–Kier alpha value is -1.81. The lowest BCUT2D eigenvalue weighted by Crippen LogP contribution is -2.31. The minimum absolute atomic E-state index is 0.135. The van der Waals surface area contributed by atoms with Gasteiger partial charge >= 0.3 is 0 Å². The number of hydrogen-bond acceptors (Lipinski definition) is 3. The Kier molecular flexibility index (Phi) is 4.78. The molecule has 0 aliphatic carbocycles. The standard InChI is InChI=1S/C18H22N2OS/c1-14-4-6-16(7-5-14)20-9-8-15(13-20)12-19-18(21)11-17-3-2-10-22-17/h2-7,10,15H,8-9,11-13H2,1H3,(H,19,21). The number of rotatable bonds is 5. The smallest absolute Gasteiger partial charge is 0.225 e. The highest BCUT2D eigenvalue weighted by atomic mass is 32.1. The van der Waals surface area contributed by atoms with Crippen molar-refractivity contribution in [3.63, 3.8) is 0 Å². The first-order valence-electron chi connectivity index (χ1n) is 7.81. The predicted molar refractivity (Wildman–Crippen MR) is 92.5 cm³/mol. The van der Waals surface area contributed by atoms with Gasteiger partial charge in [0.1, 0.15) is 0 Å². The molecule has 2 heterocycles. The second kappa shape index (κ2) is 6.97. The van der Waals surface area contributed by atoms with E-state index in [2.05, 4.69) is 41.4 Å². The summed E-state index contributed by atoms with van der Waals surface area (Å²) in [6.07, 6.45) is 1.65. The first-order chi connectivity index (χ1) is 10.7. The van der Waals surface area contributed by atoms with E-state index in [4.69, 9.17) is 0 Å². The van der Waals surface area contributed by atoms with Crippen LogP contribution in [0.4, 0.5) is 5.69 Å². The number of nitrogens with zero attached hydrogens (tertiary/aromatic N) is 1. The molecule has 4 heteroatoms. The van der Waals surface area contributed by atoms with E-state index < -0.39 is 0 Å². The van der Waals surface area contributed by atoms with Crippen LogP contribution in [0.5, 0.6) is 0 Å². The molecular formula is C18H22N2OS. The van der Waals surface area contributed by atoms with Gasteiger partial charge in [0.15, 0.2) is 0 Å². The Morgan fingerprint density at radius 1 is 1.32 bits per heavy atom. The summed E-state index contributed by atoms with van der Waals surface area (Å²) >= 11 is 1.64. The van der Waals surface area contributed by atoms with Crippen molar-refractivity contribution < 1.29 is 4.79 Å². The number of amides is 1. The number of carbonyl (C=O) groups is 1. The van der Waals surface area contributed by atoms with Gasteiger partial charge in [-0.2, -0.15) is 0 Å². The van der Waals surface area contributed by atoms with Gasteiger partial charge in [-0.1, -0.05) is 23.8 Å². The zero-order valence-electron chi connectivity index (χ0n) is 12.9. The summed E-state index contributed by atoms with van der Waals surface area (Å²) in [6, 6.07) is 12.7. The van der Waals surface area contributed by atoms with E-state index in [0.717, 1.165) is 30.9 Å². The molecule has 1 saturated heterocycles. The van der Waals surface area contributed by atoms with Crippen molar-refractivity contribution >= 4 is 22.9 Å². The van der Waals surface area contributed by atoms with Gasteiger partial charge in [-0.3, -0.25) is 4.79 Å². The molecule has 1 aromatic heterocycles. The number of carbonyl (C=O) groups excluding carboxylic acids is 1.